The van der Waals surface area contributed by atoms with Crippen molar-refractivity contribution in [2.45, 2.75) is 57.1 Å². The number of piperidine rings is 2. The quantitative estimate of drug-likeness (QED) is 0.725. The maximum absolute atomic E-state index is 12.6. The first-order valence-corrected chi connectivity index (χ1v) is 8.11. The monoisotopic (exact) mass is 263 g/mol. The van der Waals surface area contributed by atoms with Gasteiger partial charge in [-0.1, -0.05) is 6.92 Å². The molecule has 0 aromatic rings. The molecule has 2 aliphatic heterocycles. The van der Waals surface area contributed by atoms with E-state index in [0.717, 1.165) is 19.3 Å². The molecule has 0 radical (unpaired) electrons. The first-order chi connectivity index (χ1) is 9.14. The summed E-state index contributed by atoms with van der Waals surface area (Å²) in [5.41, 5.74) is 0.134. The number of aliphatic hydroxyl groups is 1. The highest BCUT2D eigenvalue weighted by Gasteiger charge is 2.64. The zero-order valence-corrected chi connectivity index (χ0v) is 11.8. The predicted octanol–water partition coefficient (Wildman–Crippen LogP) is 1.84. The van der Waals surface area contributed by atoms with E-state index in [4.69, 9.17) is 0 Å². The minimum atomic E-state index is -0.663. The molecule has 4 fully saturated rings. The maximum Gasteiger partial charge on any atom is 0.166 e. The SMILES string of the molecule is C[C@H]1C[C@@H]2[C@H](O)C(=O)[C@@H]3CCCN4CCC[C@H]2[C@@]34C1. The van der Waals surface area contributed by atoms with E-state index in [1.165, 1.54) is 32.4 Å². The smallest absolute Gasteiger partial charge is 0.166 e. The van der Waals surface area contributed by atoms with E-state index in [2.05, 4.69) is 11.8 Å². The molecule has 2 heterocycles. The number of ketones is 1. The van der Waals surface area contributed by atoms with Gasteiger partial charge < -0.3 is 5.11 Å². The molecular formula is C16H25NO2. The lowest BCUT2D eigenvalue weighted by molar-refractivity contribution is -0.193. The highest BCUT2D eigenvalue weighted by atomic mass is 16.3. The van der Waals surface area contributed by atoms with Gasteiger partial charge >= 0.3 is 0 Å². The van der Waals surface area contributed by atoms with E-state index >= 15 is 0 Å². The standard InChI is InChI=1S/C16H25NO2/c1-10-8-11-12-4-2-6-17-7-3-5-13(15(19)14(11)18)16(12,17)9-10/h10-14,18H,2-9H2,1H3/t10-,11-,12+,13-,14-,16-/m0/s1. The van der Waals surface area contributed by atoms with Gasteiger partial charge in [0.25, 0.3) is 0 Å². The predicted molar refractivity (Wildman–Crippen MR) is 72.7 cm³/mol. The van der Waals surface area contributed by atoms with E-state index in [0.29, 0.717) is 11.8 Å². The summed E-state index contributed by atoms with van der Waals surface area (Å²) in [4.78, 5) is 15.3. The molecule has 0 aromatic carbocycles. The number of carbonyl (C=O) groups excluding carboxylic acids is 1. The minimum Gasteiger partial charge on any atom is -0.385 e. The van der Waals surface area contributed by atoms with Crippen molar-refractivity contribution in [2.24, 2.45) is 23.7 Å². The molecule has 3 nitrogen and oxygen atoms in total. The molecule has 2 saturated carbocycles. The van der Waals surface area contributed by atoms with Crippen LogP contribution in [0.15, 0.2) is 0 Å². The van der Waals surface area contributed by atoms with Gasteiger partial charge in [-0.2, -0.15) is 0 Å². The Morgan fingerprint density at radius 3 is 2.79 bits per heavy atom. The van der Waals surface area contributed by atoms with Crippen LogP contribution in [0.25, 0.3) is 0 Å². The van der Waals surface area contributed by atoms with Crippen LogP contribution in [0.1, 0.15) is 45.4 Å². The van der Waals surface area contributed by atoms with E-state index in [1.807, 2.05) is 0 Å². The van der Waals surface area contributed by atoms with Crippen molar-refractivity contribution in [2.75, 3.05) is 13.1 Å². The maximum atomic E-state index is 12.6. The minimum absolute atomic E-state index is 0.126. The number of nitrogens with zero attached hydrogens (tertiary/aromatic N) is 1. The Bertz CT molecular complexity index is 408. The first-order valence-electron chi connectivity index (χ1n) is 8.11. The van der Waals surface area contributed by atoms with Gasteiger partial charge in [-0.3, -0.25) is 9.69 Å². The van der Waals surface area contributed by atoms with Crippen LogP contribution in [0.3, 0.4) is 0 Å². The normalized spacial score (nSPS) is 53.8. The van der Waals surface area contributed by atoms with Crippen LogP contribution in [0.5, 0.6) is 0 Å². The number of aliphatic hydroxyl groups excluding tert-OH is 1. The molecule has 4 aliphatic rings. The second-order valence-electron chi connectivity index (χ2n) is 7.48. The molecule has 0 unspecified atom stereocenters. The van der Waals surface area contributed by atoms with Gasteiger partial charge in [0.15, 0.2) is 5.78 Å². The summed E-state index contributed by atoms with van der Waals surface area (Å²) in [6, 6.07) is 0. The molecule has 6 atom stereocenters. The van der Waals surface area contributed by atoms with Gasteiger partial charge in [-0.25, -0.2) is 0 Å². The summed E-state index contributed by atoms with van der Waals surface area (Å²) in [5.74, 6) is 1.79. The summed E-state index contributed by atoms with van der Waals surface area (Å²) in [6.07, 6.45) is 6.22. The molecular weight excluding hydrogens is 238 g/mol. The van der Waals surface area contributed by atoms with E-state index < -0.39 is 6.10 Å². The average molecular weight is 263 g/mol. The Hall–Kier alpha value is -0.410. The van der Waals surface area contributed by atoms with Gasteiger partial charge in [0.1, 0.15) is 6.10 Å². The average Bonchev–Trinajstić information content (AvgIpc) is 2.40. The van der Waals surface area contributed by atoms with Crippen LogP contribution >= 0.6 is 0 Å². The van der Waals surface area contributed by atoms with Crippen molar-refractivity contribution in [3.8, 4) is 0 Å². The van der Waals surface area contributed by atoms with E-state index in [-0.39, 0.29) is 23.2 Å². The molecule has 1 N–H and O–H groups in total. The van der Waals surface area contributed by atoms with Gasteiger partial charge in [0.2, 0.25) is 0 Å². The molecule has 2 aliphatic carbocycles. The summed E-state index contributed by atoms with van der Waals surface area (Å²) >= 11 is 0. The highest BCUT2D eigenvalue weighted by Crippen LogP contribution is 2.59. The summed E-state index contributed by atoms with van der Waals surface area (Å²) in [5, 5.41) is 10.5. The first kappa shape index (κ1) is 12.3. The third-order valence-electron chi connectivity index (χ3n) is 6.61. The molecule has 1 spiro atoms. The largest absolute Gasteiger partial charge is 0.385 e. The Morgan fingerprint density at radius 2 is 2.00 bits per heavy atom. The van der Waals surface area contributed by atoms with Gasteiger partial charge in [-0.05, 0) is 69.4 Å². The molecule has 0 aromatic heterocycles. The number of Topliss-reactive ketones (excluding diaryl/α,β-unsaturated/α-hetero) is 1. The fraction of sp³-hybridized carbons (Fsp3) is 0.938. The third kappa shape index (κ3) is 1.43. The molecule has 0 amide bonds. The van der Waals surface area contributed by atoms with Crippen LogP contribution in [0, 0.1) is 23.7 Å². The van der Waals surface area contributed by atoms with Crippen LogP contribution in [-0.4, -0.2) is 40.5 Å². The van der Waals surface area contributed by atoms with Crippen molar-refractivity contribution in [3.05, 3.63) is 0 Å². The molecule has 2 saturated heterocycles. The third-order valence-corrected chi connectivity index (χ3v) is 6.61. The lowest BCUT2D eigenvalue weighted by Gasteiger charge is -2.66. The Morgan fingerprint density at radius 1 is 1.26 bits per heavy atom. The van der Waals surface area contributed by atoms with Gasteiger partial charge in [0.05, 0.1) is 0 Å². The van der Waals surface area contributed by atoms with E-state index in [9.17, 15) is 9.90 Å². The van der Waals surface area contributed by atoms with Crippen molar-refractivity contribution in [1.29, 1.82) is 0 Å². The van der Waals surface area contributed by atoms with E-state index in [1.54, 1.807) is 0 Å². The van der Waals surface area contributed by atoms with Crippen molar-refractivity contribution >= 4 is 5.78 Å². The topological polar surface area (TPSA) is 40.5 Å². The fourth-order valence-corrected chi connectivity index (χ4v) is 6.16. The number of rotatable bonds is 0. The molecule has 2 bridgehead atoms. The summed E-state index contributed by atoms with van der Waals surface area (Å²) in [7, 11) is 0. The van der Waals surface area contributed by atoms with Crippen molar-refractivity contribution < 1.29 is 9.90 Å². The van der Waals surface area contributed by atoms with Crippen molar-refractivity contribution in [1.82, 2.24) is 4.90 Å². The highest BCUT2D eigenvalue weighted by molar-refractivity contribution is 5.88. The lowest BCUT2D eigenvalue weighted by atomic mass is 9.48. The second kappa shape index (κ2) is 4.05. The van der Waals surface area contributed by atoms with Gasteiger partial charge in [0, 0.05) is 11.5 Å². The van der Waals surface area contributed by atoms with Crippen LogP contribution in [-0.2, 0) is 4.79 Å². The zero-order valence-electron chi connectivity index (χ0n) is 11.8. The molecule has 106 valence electrons. The number of carbonyl (C=O) groups is 1. The molecule has 3 heteroatoms. The Kier molecular flexibility index (Phi) is 2.63. The number of hydrogen-bond donors (Lipinski definition) is 1. The number of hydrogen-bond acceptors (Lipinski definition) is 3. The fourth-order valence-electron chi connectivity index (χ4n) is 6.16. The van der Waals surface area contributed by atoms with Crippen LogP contribution < -0.4 is 0 Å². The zero-order chi connectivity index (χ0) is 13.2. The molecule has 4 rings (SSSR count). The van der Waals surface area contributed by atoms with Crippen LogP contribution in [0.4, 0.5) is 0 Å². The Labute approximate surface area is 115 Å². The second-order valence-corrected chi connectivity index (χ2v) is 7.48. The Balaban J connectivity index is 1.84. The molecule has 19 heavy (non-hydrogen) atoms. The lowest BCUT2D eigenvalue weighted by Crippen LogP contribution is -2.74. The summed E-state index contributed by atoms with van der Waals surface area (Å²) < 4.78 is 0. The van der Waals surface area contributed by atoms with Gasteiger partial charge in [-0.15, -0.1) is 0 Å². The van der Waals surface area contributed by atoms with Crippen LogP contribution in [0.2, 0.25) is 0 Å². The summed E-state index contributed by atoms with van der Waals surface area (Å²) in [6.45, 7) is 4.67. The van der Waals surface area contributed by atoms with Crippen molar-refractivity contribution in [3.63, 3.8) is 0 Å².